The molecule has 1 N–H and O–H groups in total. The summed E-state index contributed by atoms with van der Waals surface area (Å²) in [7, 11) is 0. The van der Waals surface area contributed by atoms with Crippen LogP contribution in [0.15, 0.2) is 0 Å². The van der Waals surface area contributed by atoms with Gasteiger partial charge in [-0.15, -0.1) is 0 Å². The zero-order chi connectivity index (χ0) is 23.5. The third kappa shape index (κ3) is 25.9. The van der Waals surface area contributed by atoms with Gasteiger partial charge in [-0.1, -0.05) is 142 Å². The van der Waals surface area contributed by atoms with Crippen LogP contribution >= 0.6 is 0 Å². The van der Waals surface area contributed by atoms with Crippen molar-refractivity contribution in [1.29, 1.82) is 0 Å². The van der Waals surface area contributed by atoms with E-state index in [1.807, 2.05) is 0 Å². The number of hydrogen-bond acceptors (Lipinski definition) is 2. The summed E-state index contributed by atoms with van der Waals surface area (Å²) in [4.78, 5) is 11.7. The summed E-state index contributed by atoms with van der Waals surface area (Å²) in [6, 6.07) is 0. The molecule has 0 unspecified atom stereocenters. The molecule has 2 nitrogen and oxygen atoms in total. The molecule has 1 atom stereocenters. The summed E-state index contributed by atoms with van der Waals surface area (Å²) in [6.45, 7) is 4.44. The maximum atomic E-state index is 11.7. The molecule has 32 heavy (non-hydrogen) atoms. The normalized spacial score (nSPS) is 12.3. The van der Waals surface area contributed by atoms with Gasteiger partial charge in [0.05, 0.1) is 6.10 Å². The smallest absolute Gasteiger partial charge is 0.132 e. The lowest BCUT2D eigenvalue weighted by atomic mass is 10.0. The van der Waals surface area contributed by atoms with Crippen LogP contribution in [-0.2, 0) is 4.79 Å². The number of carbonyl (C=O) groups excluding carboxylic acids is 1. The van der Waals surface area contributed by atoms with Gasteiger partial charge in [0.2, 0.25) is 0 Å². The van der Waals surface area contributed by atoms with E-state index in [0.29, 0.717) is 5.78 Å². The van der Waals surface area contributed by atoms with E-state index in [-0.39, 0.29) is 6.10 Å². The topological polar surface area (TPSA) is 37.3 Å². The molecular weight excluding hydrogens is 392 g/mol. The quantitative estimate of drug-likeness (QED) is 0.126. The van der Waals surface area contributed by atoms with E-state index >= 15 is 0 Å². The molecular formula is C30H60O2. The number of carbonyl (C=O) groups is 1. The third-order valence-corrected chi connectivity index (χ3v) is 6.94. The van der Waals surface area contributed by atoms with Crippen molar-refractivity contribution in [2.75, 3.05) is 0 Å². The summed E-state index contributed by atoms with van der Waals surface area (Å²) in [5, 5.41) is 10.1. The van der Waals surface area contributed by atoms with Gasteiger partial charge in [-0.2, -0.15) is 0 Å². The first-order chi connectivity index (χ1) is 15.7. The highest BCUT2D eigenvalue weighted by molar-refractivity contribution is 5.78. The minimum absolute atomic E-state index is 0.0466. The van der Waals surface area contributed by atoms with Crippen molar-refractivity contribution in [3.8, 4) is 0 Å². The Hall–Kier alpha value is -0.370. The molecule has 0 saturated heterocycles. The van der Waals surface area contributed by atoms with Crippen LogP contribution in [0.2, 0.25) is 0 Å². The van der Waals surface area contributed by atoms with Gasteiger partial charge in [0.25, 0.3) is 0 Å². The first-order valence-corrected chi connectivity index (χ1v) is 14.9. The highest BCUT2D eigenvalue weighted by Gasteiger charge is 2.04. The van der Waals surface area contributed by atoms with Crippen LogP contribution in [0, 0.1) is 0 Å². The van der Waals surface area contributed by atoms with Crippen LogP contribution in [0.5, 0.6) is 0 Å². The number of unbranched alkanes of at least 4 members (excludes halogenated alkanes) is 19. The first-order valence-electron chi connectivity index (χ1n) is 14.9. The van der Waals surface area contributed by atoms with E-state index in [2.05, 4.69) is 13.8 Å². The molecule has 0 fully saturated rings. The Morgan fingerprint density at radius 1 is 0.469 bits per heavy atom. The van der Waals surface area contributed by atoms with Gasteiger partial charge in [-0.25, -0.2) is 0 Å². The molecule has 0 aromatic rings. The lowest BCUT2D eigenvalue weighted by molar-refractivity contribution is -0.119. The number of aliphatic hydroxyl groups is 1. The fraction of sp³-hybridized carbons (Fsp3) is 0.967. The average Bonchev–Trinajstić information content (AvgIpc) is 2.78. The second kappa shape index (κ2) is 26.9. The Morgan fingerprint density at radius 3 is 1.16 bits per heavy atom. The van der Waals surface area contributed by atoms with E-state index in [1.165, 1.54) is 128 Å². The zero-order valence-corrected chi connectivity index (χ0v) is 22.3. The predicted octanol–water partition coefficient (Wildman–Crippen LogP) is 10.1. The van der Waals surface area contributed by atoms with Crippen LogP contribution in [0.3, 0.4) is 0 Å². The number of Topliss-reactive ketones (excluding diaryl/α,β-unsaturated/α-hetero) is 1. The predicted molar refractivity (Wildman–Crippen MR) is 142 cm³/mol. The van der Waals surface area contributed by atoms with Crippen molar-refractivity contribution in [3.05, 3.63) is 0 Å². The van der Waals surface area contributed by atoms with E-state index in [0.717, 1.165) is 38.5 Å². The van der Waals surface area contributed by atoms with Crippen molar-refractivity contribution in [3.63, 3.8) is 0 Å². The lowest BCUT2D eigenvalue weighted by Crippen LogP contribution is -2.05. The Kier molecular flexibility index (Phi) is 26.6. The zero-order valence-electron chi connectivity index (χ0n) is 22.3. The molecule has 2 heteroatoms. The first kappa shape index (κ1) is 31.6. The van der Waals surface area contributed by atoms with Crippen LogP contribution in [-0.4, -0.2) is 17.0 Å². The van der Waals surface area contributed by atoms with E-state index in [4.69, 9.17) is 0 Å². The van der Waals surface area contributed by atoms with Gasteiger partial charge in [0, 0.05) is 12.8 Å². The van der Waals surface area contributed by atoms with E-state index in [1.54, 1.807) is 0 Å². The van der Waals surface area contributed by atoms with Crippen LogP contribution < -0.4 is 0 Å². The van der Waals surface area contributed by atoms with Gasteiger partial charge in [-0.05, 0) is 25.7 Å². The molecule has 0 saturated carbocycles. The molecule has 0 spiro atoms. The molecule has 0 radical (unpaired) electrons. The largest absolute Gasteiger partial charge is 0.393 e. The van der Waals surface area contributed by atoms with Crippen LogP contribution in [0.4, 0.5) is 0 Å². The molecule has 0 aromatic heterocycles. The standard InChI is InChI=1S/C30H60O2/c1-3-5-7-18-22-26-30(32)28-24-20-17-15-13-11-9-8-10-12-14-16-19-23-27-29(31)25-21-6-4-2/h30,32H,3-28H2,1-2H3/t30-/m0/s1. The fourth-order valence-electron chi connectivity index (χ4n) is 4.65. The van der Waals surface area contributed by atoms with Crippen LogP contribution in [0.25, 0.3) is 0 Å². The Labute approximate surface area is 202 Å². The molecule has 0 amide bonds. The summed E-state index contributed by atoms with van der Waals surface area (Å²) in [6.07, 6.45) is 32.3. The van der Waals surface area contributed by atoms with Gasteiger partial charge in [0.1, 0.15) is 5.78 Å². The summed E-state index contributed by atoms with van der Waals surface area (Å²) in [5.41, 5.74) is 0. The molecule has 0 rings (SSSR count). The van der Waals surface area contributed by atoms with E-state index < -0.39 is 0 Å². The van der Waals surface area contributed by atoms with Gasteiger partial charge >= 0.3 is 0 Å². The highest BCUT2D eigenvalue weighted by atomic mass is 16.3. The van der Waals surface area contributed by atoms with Gasteiger partial charge in [0.15, 0.2) is 0 Å². The van der Waals surface area contributed by atoms with Crippen LogP contribution in [0.1, 0.15) is 181 Å². The molecule has 0 bridgehead atoms. The van der Waals surface area contributed by atoms with Crippen molar-refractivity contribution in [1.82, 2.24) is 0 Å². The maximum Gasteiger partial charge on any atom is 0.132 e. The monoisotopic (exact) mass is 452 g/mol. The minimum Gasteiger partial charge on any atom is -0.393 e. The van der Waals surface area contributed by atoms with Crippen molar-refractivity contribution in [2.45, 2.75) is 187 Å². The summed E-state index contributed by atoms with van der Waals surface area (Å²) < 4.78 is 0. The molecule has 0 heterocycles. The molecule has 0 aromatic carbocycles. The third-order valence-electron chi connectivity index (χ3n) is 6.94. The number of hydrogen-bond donors (Lipinski definition) is 1. The minimum atomic E-state index is -0.0466. The Bertz CT molecular complexity index is 366. The fourth-order valence-corrected chi connectivity index (χ4v) is 4.65. The average molecular weight is 453 g/mol. The number of aliphatic hydroxyl groups excluding tert-OH is 1. The maximum absolute atomic E-state index is 11.7. The molecule has 0 aliphatic heterocycles. The second-order valence-electron chi connectivity index (χ2n) is 10.3. The Balaban J connectivity index is 3.15. The van der Waals surface area contributed by atoms with Crippen molar-refractivity contribution < 1.29 is 9.90 Å². The van der Waals surface area contributed by atoms with Crippen molar-refractivity contribution in [2.24, 2.45) is 0 Å². The number of ketones is 1. The van der Waals surface area contributed by atoms with Crippen molar-refractivity contribution >= 4 is 5.78 Å². The SMILES string of the molecule is CCCCCCC[C@H](O)CCCCCCCCCCCCCCCCC(=O)CCCCC. The second-order valence-corrected chi connectivity index (χ2v) is 10.3. The van der Waals surface area contributed by atoms with E-state index in [9.17, 15) is 9.90 Å². The highest BCUT2D eigenvalue weighted by Crippen LogP contribution is 2.16. The summed E-state index contributed by atoms with van der Waals surface area (Å²) >= 11 is 0. The molecule has 0 aliphatic carbocycles. The van der Waals surface area contributed by atoms with Gasteiger partial charge in [-0.3, -0.25) is 4.79 Å². The Morgan fingerprint density at radius 2 is 0.750 bits per heavy atom. The summed E-state index contributed by atoms with van der Waals surface area (Å²) in [5.74, 6) is 0.490. The van der Waals surface area contributed by atoms with Gasteiger partial charge < -0.3 is 5.11 Å². The number of rotatable bonds is 27. The molecule has 0 aliphatic rings. The lowest BCUT2D eigenvalue weighted by Gasteiger charge is -2.10. The molecule has 192 valence electrons.